The van der Waals surface area contributed by atoms with Gasteiger partial charge in [-0.3, -0.25) is 0 Å². The van der Waals surface area contributed by atoms with Crippen molar-refractivity contribution in [1.29, 1.82) is 0 Å². The van der Waals surface area contributed by atoms with Gasteiger partial charge in [-0.2, -0.15) is 0 Å². The lowest BCUT2D eigenvalue weighted by Crippen LogP contribution is -2.00. The van der Waals surface area contributed by atoms with Crippen molar-refractivity contribution in [2.24, 2.45) is 5.92 Å². The molecule has 1 atom stereocenters. The third-order valence-corrected chi connectivity index (χ3v) is 3.10. The third-order valence-electron chi connectivity index (χ3n) is 3.10. The zero-order chi connectivity index (χ0) is 19.3. The van der Waals surface area contributed by atoms with E-state index in [2.05, 4.69) is 18.6 Å². The lowest BCUT2D eigenvalue weighted by molar-refractivity contribution is -0.150. The average molecular weight is 360 g/mol. The summed E-state index contributed by atoms with van der Waals surface area (Å²) >= 11 is 0. The summed E-state index contributed by atoms with van der Waals surface area (Å²) in [6.45, 7) is 5.76. The van der Waals surface area contributed by atoms with Crippen molar-refractivity contribution in [2.75, 3.05) is 26.4 Å². The molecule has 0 bridgehead atoms. The maximum absolute atomic E-state index is 10.2. The molecule has 7 nitrogen and oxygen atoms in total. The van der Waals surface area contributed by atoms with Crippen LogP contribution in [0.5, 0.6) is 0 Å². The minimum absolute atomic E-state index is 0.180. The van der Waals surface area contributed by atoms with Crippen LogP contribution in [0, 0.1) is 5.92 Å². The molecule has 0 radical (unpaired) electrons. The van der Waals surface area contributed by atoms with Gasteiger partial charge in [0.1, 0.15) is 6.29 Å². The highest BCUT2D eigenvalue weighted by Crippen LogP contribution is 2.08. The highest BCUT2D eigenvalue weighted by Gasteiger charge is 2.10. The van der Waals surface area contributed by atoms with Gasteiger partial charge in [-0.1, -0.05) is 26.7 Å². The molecule has 1 heterocycles. The van der Waals surface area contributed by atoms with E-state index in [1.54, 1.807) is 0 Å². The summed E-state index contributed by atoms with van der Waals surface area (Å²) in [6.07, 6.45) is 9.10. The molecule has 0 saturated carbocycles. The number of hydrogen-bond acceptors (Lipinski definition) is 7. The van der Waals surface area contributed by atoms with Gasteiger partial charge < -0.3 is 24.5 Å². The van der Waals surface area contributed by atoms with Crippen molar-refractivity contribution in [2.45, 2.75) is 52.4 Å². The maximum atomic E-state index is 10.2. The fourth-order valence-corrected chi connectivity index (χ4v) is 1.57. The standard InChI is InChI=1S/C8H16O.C6H14O3.C4H2O3/c1-3-5-6-8(4-2)7-9;7-3-1-5-9-6-2-4-8;5-3-1-2-4(6)7-3/h7-8H,3-6H2,1-2H3;7-8H,1-6H2;1-2H. The molecule has 25 heavy (non-hydrogen) atoms. The van der Waals surface area contributed by atoms with Crippen LogP contribution in [0.3, 0.4) is 0 Å². The molecular weight excluding hydrogens is 328 g/mol. The zero-order valence-corrected chi connectivity index (χ0v) is 15.3. The number of carbonyl (C=O) groups excluding carboxylic acids is 3. The Hall–Kier alpha value is -1.57. The van der Waals surface area contributed by atoms with E-state index in [9.17, 15) is 14.4 Å². The Morgan fingerprint density at radius 3 is 1.84 bits per heavy atom. The van der Waals surface area contributed by atoms with Crippen molar-refractivity contribution < 1.29 is 34.1 Å². The van der Waals surface area contributed by atoms with Gasteiger partial charge in [-0.05, 0) is 25.7 Å². The molecule has 1 unspecified atom stereocenters. The Morgan fingerprint density at radius 1 is 1.04 bits per heavy atom. The monoisotopic (exact) mass is 360 g/mol. The smallest absolute Gasteiger partial charge is 0.338 e. The van der Waals surface area contributed by atoms with E-state index < -0.39 is 11.9 Å². The van der Waals surface area contributed by atoms with Gasteiger partial charge in [0, 0.05) is 44.5 Å². The number of hydrogen-bond donors (Lipinski definition) is 2. The summed E-state index contributed by atoms with van der Waals surface area (Å²) in [6, 6.07) is 0. The second-order valence-corrected chi connectivity index (χ2v) is 5.29. The van der Waals surface area contributed by atoms with Crippen LogP contribution in [-0.2, 0) is 23.9 Å². The molecule has 0 amide bonds. The van der Waals surface area contributed by atoms with E-state index in [1.807, 2.05) is 0 Å². The van der Waals surface area contributed by atoms with Crippen molar-refractivity contribution >= 4 is 18.2 Å². The van der Waals surface area contributed by atoms with Crippen LogP contribution in [0.1, 0.15) is 52.4 Å². The number of carbonyl (C=O) groups is 3. The van der Waals surface area contributed by atoms with Crippen LogP contribution in [0.25, 0.3) is 0 Å². The van der Waals surface area contributed by atoms with Crippen molar-refractivity contribution in [3.63, 3.8) is 0 Å². The minimum Gasteiger partial charge on any atom is -0.396 e. The van der Waals surface area contributed by atoms with E-state index in [4.69, 9.17) is 14.9 Å². The molecule has 0 aliphatic carbocycles. The normalized spacial score (nSPS) is 13.3. The summed E-state index contributed by atoms with van der Waals surface area (Å²) < 4.78 is 8.97. The quantitative estimate of drug-likeness (QED) is 0.250. The molecule has 2 N–H and O–H groups in total. The summed E-state index contributed by atoms with van der Waals surface area (Å²) in [7, 11) is 0. The number of cyclic esters (lactones) is 2. The fraction of sp³-hybridized carbons (Fsp3) is 0.722. The second kappa shape index (κ2) is 20.5. The molecular formula is C18H32O7. The summed E-state index contributed by atoms with van der Waals surface area (Å²) in [5, 5.41) is 16.6. The topological polar surface area (TPSA) is 110 Å². The molecule has 0 aromatic carbocycles. The summed E-state index contributed by atoms with van der Waals surface area (Å²) in [5.41, 5.74) is 0. The number of ether oxygens (including phenoxy) is 2. The first-order valence-corrected chi connectivity index (χ1v) is 8.74. The maximum Gasteiger partial charge on any atom is 0.338 e. The van der Waals surface area contributed by atoms with Gasteiger partial charge in [0.15, 0.2) is 0 Å². The predicted molar refractivity (Wildman–Crippen MR) is 93.8 cm³/mol. The Bertz CT molecular complexity index is 344. The fourth-order valence-electron chi connectivity index (χ4n) is 1.57. The Kier molecular flexibility index (Phi) is 21.0. The largest absolute Gasteiger partial charge is 0.396 e. The molecule has 0 aromatic rings. The highest BCUT2D eigenvalue weighted by atomic mass is 16.6. The molecule has 0 fully saturated rings. The Balaban J connectivity index is 0. The summed E-state index contributed by atoms with van der Waals surface area (Å²) in [5.74, 6) is -0.833. The number of aldehydes is 1. The van der Waals surface area contributed by atoms with E-state index in [0.717, 1.165) is 31.3 Å². The average Bonchev–Trinajstić information content (AvgIpc) is 3.00. The first kappa shape index (κ1) is 25.7. The Morgan fingerprint density at radius 2 is 1.56 bits per heavy atom. The minimum atomic E-state index is -0.579. The van der Waals surface area contributed by atoms with Crippen LogP contribution in [-0.4, -0.2) is 54.9 Å². The predicted octanol–water partition coefficient (Wildman–Crippen LogP) is 1.80. The molecule has 1 aliphatic heterocycles. The van der Waals surface area contributed by atoms with Crippen LogP contribution in [0.2, 0.25) is 0 Å². The molecule has 146 valence electrons. The van der Waals surface area contributed by atoms with Crippen molar-refractivity contribution in [3.8, 4) is 0 Å². The van der Waals surface area contributed by atoms with Crippen LogP contribution in [0.15, 0.2) is 12.2 Å². The van der Waals surface area contributed by atoms with Crippen molar-refractivity contribution in [1.82, 2.24) is 0 Å². The summed E-state index contributed by atoms with van der Waals surface area (Å²) in [4.78, 5) is 30.1. The first-order chi connectivity index (χ1) is 12.0. The lowest BCUT2D eigenvalue weighted by atomic mass is 10.0. The molecule has 0 aromatic heterocycles. The first-order valence-electron chi connectivity index (χ1n) is 8.74. The van der Waals surface area contributed by atoms with Gasteiger partial charge in [0.05, 0.1) is 0 Å². The van der Waals surface area contributed by atoms with E-state index in [0.29, 0.717) is 32.0 Å². The second-order valence-electron chi connectivity index (χ2n) is 5.29. The molecule has 7 heteroatoms. The van der Waals surface area contributed by atoms with E-state index >= 15 is 0 Å². The number of rotatable bonds is 11. The van der Waals surface area contributed by atoms with E-state index in [1.165, 1.54) is 12.8 Å². The van der Waals surface area contributed by atoms with Crippen LogP contribution in [0.4, 0.5) is 0 Å². The van der Waals surface area contributed by atoms with Gasteiger partial charge in [0.25, 0.3) is 0 Å². The third kappa shape index (κ3) is 20.4. The van der Waals surface area contributed by atoms with Gasteiger partial charge in [-0.25, -0.2) is 9.59 Å². The number of aliphatic hydroxyl groups excluding tert-OH is 2. The molecule has 1 aliphatic rings. The zero-order valence-electron chi connectivity index (χ0n) is 15.3. The van der Waals surface area contributed by atoms with Crippen LogP contribution < -0.4 is 0 Å². The van der Waals surface area contributed by atoms with Crippen molar-refractivity contribution in [3.05, 3.63) is 12.2 Å². The molecule has 0 saturated heterocycles. The molecule has 0 spiro atoms. The van der Waals surface area contributed by atoms with Gasteiger partial charge in [-0.15, -0.1) is 0 Å². The highest BCUT2D eigenvalue weighted by molar-refractivity contribution is 6.04. The van der Waals surface area contributed by atoms with Gasteiger partial charge in [0.2, 0.25) is 0 Å². The van der Waals surface area contributed by atoms with Gasteiger partial charge >= 0.3 is 11.9 Å². The van der Waals surface area contributed by atoms with Crippen LogP contribution >= 0.6 is 0 Å². The Labute approximate surface area is 150 Å². The number of aliphatic hydroxyl groups is 2. The number of esters is 2. The SMILES string of the molecule is CCCCC(C=O)CC.O=C1C=CC(=O)O1.OCCCOCCCO. The lowest BCUT2D eigenvalue weighted by Gasteiger charge is -2.03. The molecule has 1 rings (SSSR count). The van der Waals surface area contributed by atoms with E-state index in [-0.39, 0.29) is 13.2 Å². The number of unbranched alkanes of at least 4 members (excludes halogenated alkanes) is 1.